The van der Waals surface area contributed by atoms with E-state index >= 15 is 0 Å². The van der Waals surface area contributed by atoms with E-state index in [1.807, 2.05) is 0 Å². The fourth-order valence-electron chi connectivity index (χ4n) is 1.44. The second-order valence-electron chi connectivity index (χ2n) is 3.59. The number of hydrogen-bond donors (Lipinski definition) is 1. The number of halogens is 1. The molecular formula is C11H14FNO3S. The predicted molar refractivity (Wildman–Crippen MR) is 63.6 cm³/mol. The average molecular weight is 259 g/mol. The maximum Gasteiger partial charge on any atom is 0.158 e. The summed E-state index contributed by atoms with van der Waals surface area (Å²) in [5.41, 5.74) is 0.211. The summed E-state index contributed by atoms with van der Waals surface area (Å²) in [6.07, 6.45) is 0. The minimum atomic E-state index is -3.38. The highest BCUT2D eigenvalue weighted by Crippen LogP contribution is 2.13. The first-order chi connectivity index (χ1) is 7.92. The Bertz CT molecular complexity index is 525. The van der Waals surface area contributed by atoms with E-state index in [1.165, 1.54) is 32.0 Å². The van der Waals surface area contributed by atoms with E-state index in [0.717, 1.165) is 6.07 Å². The van der Waals surface area contributed by atoms with Gasteiger partial charge in [-0.05, 0) is 19.1 Å². The van der Waals surface area contributed by atoms with Crippen molar-refractivity contribution in [2.45, 2.75) is 19.1 Å². The maximum atomic E-state index is 13.0. The lowest BCUT2D eigenvalue weighted by Crippen LogP contribution is -2.29. The van der Waals surface area contributed by atoms with Crippen LogP contribution in [-0.4, -0.2) is 30.3 Å². The maximum absolute atomic E-state index is 13.0. The number of sulfone groups is 1. The summed E-state index contributed by atoms with van der Waals surface area (Å²) < 4.78 is 36.4. The van der Waals surface area contributed by atoms with E-state index in [-0.39, 0.29) is 17.0 Å². The molecule has 0 heterocycles. The standard InChI is InChI=1S/C11H14FNO3S/c1-3-17(15,16)8(2)11(13-14)9-5-4-6-10(12)7-9/h4-8,14H,3H2,1-2H3/b13-11+/t8-/m0/s1. The van der Waals surface area contributed by atoms with Gasteiger partial charge < -0.3 is 5.21 Å². The summed E-state index contributed by atoms with van der Waals surface area (Å²) in [5, 5.41) is 10.9. The van der Waals surface area contributed by atoms with Crippen LogP contribution in [0.1, 0.15) is 19.4 Å². The van der Waals surface area contributed by atoms with Crippen LogP contribution in [0.4, 0.5) is 4.39 Å². The van der Waals surface area contributed by atoms with Gasteiger partial charge in [-0.2, -0.15) is 0 Å². The van der Waals surface area contributed by atoms with E-state index in [0.29, 0.717) is 0 Å². The third-order valence-electron chi connectivity index (χ3n) is 2.55. The van der Waals surface area contributed by atoms with Crippen LogP contribution in [-0.2, 0) is 9.84 Å². The summed E-state index contributed by atoms with van der Waals surface area (Å²) >= 11 is 0. The predicted octanol–water partition coefficient (Wildman–Crippen LogP) is 1.83. The summed E-state index contributed by atoms with van der Waals surface area (Å²) in [6, 6.07) is 5.30. The van der Waals surface area contributed by atoms with E-state index in [9.17, 15) is 12.8 Å². The van der Waals surface area contributed by atoms with Crippen molar-refractivity contribution in [1.82, 2.24) is 0 Å². The molecule has 1 rings (SSSR count). The summed E-state index contributed by atoms with van der Waals surface area (Å²) in [7, 11) is -3.38. The molecule has 0 radical (unpaired) electrons. The molecule has 1 aromatic carbocycles. The quantitative estimate of drug-likeness (QED) is 0.509. The molecule has 0 aliphatic carbocycles. The van der Waals surface area contributed by atoms with Crippen LogP contribution in [0.25, 0.3) is 0 Å². The topological polar surface area (TPSA) is 66.7 Å². The van der Waals surface area contributed by atoms with Crippen molar-refractivity contribution in [3.63, 3.8) is 0 Å². The van der Waals surface area contributed by atoms with E-state index in [2.05, 4.69) is 5.16 Å². The Morgan fingerprint density at radius 1 is 1.53 bits per heavy atom. The fraction of sp³-hybridized carbons (Fsp3) is 0.364. The molecule has 0 bridgehead atoms. The smallest absolute Gasteiger partial charge is 0.158 e. The zero-order valence-corrected chi connectivity index (χ0v) is 10.4. The zero-order chi connectivity index (χ0) is 13.1. The largest absolute Gasteiger partial charge is 0.411 e. The van der Waals surface area contributed by atoms with Crippen molar-refractivity contribution in [2.75, 3.05) is 5.75 Å². The summed E-state index contributed by atoms with van der Waals surface area (Å²) in [4.78, 5) is 0. The van der Waals surface area contributed by atoms with Gasteiger partial charge in [0.05, 0.1) is 0 Å². The third kappa shape index (κ3) is 3.03. The molecule has 0 amide bonds. The molecule has 6 heteroatoms. The van der Waals surface area contributed by atoms with Crippen LogP contribution < -0.4 is 0 Å². The molecule has 0 saturated carbocycles. The Morgan fingerprint density at radius 3 is 2.65 bits per heavy atom. The Balaban J connectivity index is 3.19. The molecule has 17 heavy (non-hydrogen) atoms. The van der Waals surface area contributed by atoms with Gasteiger partial charge in [0.2, 0.25) is 0 Å². The Hall–Kier alpha value is -1.43. The number of rotatable bonds is 4. The normalized spacial score (nSPS) is 14.6. The van der Waals surface area contributed by atoms with Gasteiger partial charge in [0.25, 0.3) is 0 Å². The summed E-state index contributed by atoms with van der Waals surface area (Å²) in [6.45, 7) is 2.92. The van der Waals surface area contributed by atoms with Crippen molar-refractivity contribution < 1.29 is 18.0 Å². The van der Waals surface area contributed by atoms with Crippen LogP contribution in [0, 0.1) is 5.82 Å². The fourth-order valence-corrected chi connectivity index (χ4v) is 2.47. The third-order valence-corrected chi connectivity index (χ3v) is 4.66. The SMILES string of the molecule is CCS(=O)(=O)[C@@H](C)/C(=N\O)c1cccc(F)c1. The number of oxime groups is 1. The number of nitrogens with zero attached hydrogens (tertiary/aromatic N) is 1. The second-order valence-corrected chi connectivity index (χ2v) is 6.20. The first-order valence-electron chi connectivity index (χ1n) is 5.11. The Kier molecular flexibility index (Phi) is 4.22. The molecule has 94 valence electrons. The highest BCUT2D eigenvalue weighted by molar-refractivity contribution is 7.92. The van der Waals surface area contributed by atoms with E-state index < -0.39 is 20.9 Å². The minimum Gasteiger partial charge on any atom is -0.411 e. The first kappa shape index (κ1) is 13.6. The highest BCUT2D eigenvalue weighted by Gasteiger charge is 2.26. The van der Waals surface area contributed by atoms with Gasteiger partial charge in [-0.3, -0.25) is 0 Å². The molecule has 4 nitrogen and oxygen atoms in total. The van der Waals surface area contributed by atoms with Crippen molar-refractivity contribution in [2.24, 2.45) is 5.16 Å². The molecule has 0 fully saturated rings. The molecule has 0 aromatic heterocycles. The van der Waals surface area contributed by atoms with Gasteiger partial charge >= 0.3 is 0 Å². The van der Waals surface area contributed by atoms with Crippen molar-refractivity contribution in [1.29, 1.82) is 0 Å². The van der Waals surface area contributed by atoms with Gasteiger partial charge in [0, 0.05) is 11.3 Å². The van der Waals surface area contributed by atoms with Crippen LogP contribution >= 0.6 is 0 Å². The van der Waals surface area contributed by atoms with Crippen molar-refractivity contribution in [3.8, 4) is 0 Å². The summed E-state index contributed by atoms with van der Waals surface area (Å²) in [5.74, 6) is -0.576. The molecule has 1 N–H and O–H groups in total. The van der Waals surface area contributed by atoms with Crippen LogP contribution in [0.5, 0.6) is 0 Å². The van der Waals surface area contributed by atoms with Crippen LogP contribution in [0.15, 0.2) is 29.4 Å². The molecule has 0 saturated heterocycles. The number of benzene rings is 1. The molecule has 1 aromatic rings. The Morgan fingerprint density at radius 2 is 2.18 bits per heavy atom. The van der Waals surface area contributed by atoms with Crippen molar-refractivity contribution in [3.05, 3.63) is 35.6 Å². The highest BCUT2D eigenvalue weighted by atomic mass is 32.2. The molecule has 0 unspecified atom stereocenters. The van der Waals surface area contributed by atoms with E-state index in [1.54, 1.807) is 0 Å². The average Bonchev–Trinajstić information content (AvgIpc) is 2.30. The second kappa shape index (κ2) is 5.27. The molecule has 0 spiro atoms. The Labute approximate surface area is 99.7 Å². The van der Waals surface area contributed by atoms with Gasteiger partial charge in [-0.15, -0.1) is 0 Å². The number of hydrogen-bond acceptors (Lipinski definition) is 4. The molecular weight excluding hydrogens is 245 g/mol. The molecule has 0 aliphatic heterocycles. The van der Waals surface area contributed by atoms with Gasteiger partial charge in [-0.25, -0.2) is 12.8 Å². The lowest BCUT2D eigenvalue weighted by Gasteiger charge is -2.13. The van der Waals surface area contributed by atoms with Crippen LogP contribution in [0.3, 0.4) is 0 Å². The van der Waals surface area contributed by atoms with E-state index in [4.69, 9.17) is 5.21 Å². The monoisotopic (exact) mass is 259 g/mol. The van der Waals surface area contributed by atoms with Gasteiger partial charge in [-0.1, -0.05) is 24.2 Å². The van der Waals surface area contributed by atoms with Gasteiger partial charge in [0.15, 0.2) is 9.84 Å². The van der Waals surface area contributed by atoms with Crippen LogP contribution in [0.2, 0.25) is 0 Å². The molecule has 1 atom stereocenters. The lowest BCUT2D eigenvalue weighted by molar-refractivity contribution is 0.318. The lowest BCUT2D eigenvalue weighted by atomic mass is 10.1. The van der Waals surface area contributed by atoms with Crippen molar-refractivity contribution >= 4 is 15.5 Å². The minimum absolute atomic E-state index is 0.0497. The first-order valence-corrected chi connectivity index (χ1v) is 6.83. The zero-order valence-electron chi connectivity index (χ0n) is 9.59. The van der Waals surface area contributed by atoms with Gasteiger partial charge in [0.1, 0.15) is 16.8 Å². The molecule has 0 aliphatic rings.